The van der Waals surface area contributed by atoms with Gasteiger partial charge in [-0.05, 0) is 31.9 Å². The highest BCUT2D eigenvalue weighted by Crippen LogP contribution is 2.23. The molecule has 160 valence electrons. The molecule has 0 aliphatic heterocycles. The van der Waals surface area contributed by atoms with Crippen molar-refractivity contribution in [1.29, 1.82) is 0 Å². The Morgan fingerprint density at radius 1 is 0.933 bits per heavy atom. The summed E-state index contributed by atoms with van der Waals surface area (Å²) in [6.45, 7) is 7.16. The number of hydrogen-bond donors (Lipinski definition) is 1. The van der Waals surface area contributed by atoms with Crippen LogP contribution in [0.1, 0.15) is 30.4 Å². The van der Waals surface area contributed by atoms with Crippen molar-refractivity contribution in [3.63, 3.8) is 0 Å². The molecule has 2 rings (SSSR count). The van der Waals surface area contributed by atoms with Gasteiger partial charge >= 0.3 is 0 Å². The number of aliphatic hydroxyl groups is 1. The summed E-state index contributed by atoms with van der Waals surface area (Å²) in [6, 6.07) is 20.0. The zero-order valence-electron chi connectivity index (χ0n) is 18.2. The van der Waals surface area contributed by atoms with Gasteiger partial charge in [-0.25, -0.2) is 8.42 Å². The van der Waals surface area contributed by atoms with Crippen molar-refractivity contribution in [2.75, 3.05) is 6.61 Å². The van der Waals surface area contributed by atoms with Crippen LogP contribution in [0.15, 0.2) is 73.3 Å². The second kappa shape index (κ2) is 12.1. The van der Waals surface area contributed by atoms with E-state index < -0.39 is 15.3 Å². The van der Waals surface area contributed by atoms with Crippen LogP contribution in [0.4, 0.5) is 0 Å². The maximum Gasteiger partial charge on any atom is 0.228 e. The summed E-state index contributed by atoms with van der Waals surface area (Å²) in [6.07, 6.45) is 4.35. The zero-order valence-corrected chi connectivity index (χ0v) is 19.0. The molecule has 0 saturated carbocycles. The van der Waals surface area contributed by atoms with E-state index in [2.05, 4.69) is 6.58 Å². The fraction of sp³-hybridized carbons (Fsp3) is 0.391. The molecule has 0 aliphatic carbocycles. The van der Waals surface area contributed by atoms with Crippen LogP contribution in [-0.2, 0) is 22.7 Å². The third-order valence-electron chi connectivity index (χ3n) is 5.48. The Morgan fingerprint density at radius 3 is 1.80 bits per heavy atom. The van der Waals surface area contributed by atoms with Crippen LogP contribution < -0.4 is 0 Å². The second-order valence-electron chi connectivity index (χ2n) is 7.95. The lowest BCUT2D eigenvalue weighted by molar-refractivity contribution is 0.283. The number of aliphatic hydroxyl groups excluding tert-OH is 1. The van der Waals surface area contributed by atoms with Gasteiger partial charge in [-0.15, -0.1) is 6.58 Å². The Morgan fingerprint density at radius 2 is 1.40 bits per heavy atom. The van der Waals surface area contributed by atoms with Gasteiger partial charge in [0.25, 0.3) is 0 Å². The molecule has 1 atom stereocenters. The molecule has 0 heterocycles. The van der Waals surface area contributed by atoms with E-state index in [1.807, 2.05) is 74.3 Å². The molecule has 0 unspecified atom stereocenters. The quantitative estimate of drug-likeness (QED) is 0.388. The van der Waals surface area contributed by atoms with Crippen LogP contribution in [-0.4, -0.2) is 43.2 Å². The molecule has 0 fully saturated rings. The Kier molecular flexibility index (Phi) is 9.89. The minimum absolute atomic E-state index is 0.144. The highest BCUT2D eigenvalue weighted by Gasteiger charge is 2.39. The van der Waals surface area contributed by atoms with Crippen LogP contribution in [0.25, 0.3) is 0 Å². The van der Waals surface area contributed by atoms with Gasteiger partial charge in [0, 0.05) is 6.61 Å². The highest BCUT2D eigenvalue weighted by molar-refractivity contribution is 7.92. The molecule has 0 saturated heterocycles. The van der Waals surface area contributed by atoms with Gasteiger partial charge in [-0.1, -0.05) is 91.5 Å². The summed E-state index contributed by atoms with van der Waals surface area (Å²) in [5.41, 5.74) is 2.23. The lowest BCUT2D eigenvalue weighted by Gasteiger charge is -2.34. The van der Waals surface area contributed by atoms with Crippen molar-refractivity contribution >= 4 is 23.7 Å². The van der Waals surface area contributed by atoms with Gasteiger partial charge in [0.05, 0.1) is 5.25 Å². The first-order chi connectivity index (χ1) is 14.4. The number of sulfonamides is 1. The molecule has 30 heavy (non-hydrogen) atoms. The first-order valence-electron chi connectivity index (χ1n) is 10.7. The van der Waals surface area contributed by atoms with E-state index in [4.69, 9.17) is 0 Å². The second-order valence-corrected chi connectivity index (χ2v) is 10.1. The number of allylic oxidation sites excluding steroid dienone is 1. The molecule has 0 radical (unpaired) electrons. The Bertz CT molecular complexity index is 815. The van der Waals surface area contributed by atoms with Crippen molar-refractivity contribution in [2.24, 2.45) is 0 Å². The first-order valence-corrected chi connectivity index (χ1v) is 12.2. The summed E-state index contributed by atoms with van der Waals surface area (Å²) in [5.74, 6) is 0. The van der Waals surface area contributed by atoms with E-state index in [0.29, 0.717) is 25.5 Å². The van der Waals surface area contributed by atoms with Gasteiger partial charge in [0.2, 0.25) is 13.7 Å². The van der Waals surface area contributed by atoms with Gasteiger partial charge in [-0.2, -0.15) is 0 Å². The van der Waals surface area contributed by atoms with Gasteiger partial charge in [0.15, 0.2) is 10.0 Å². The van der Waals surface area contributed by atoms with Gasteiger partial charge in [-0.3, -0.25) is 4.13 Å². The molecule has 0 bridgehead atoms. The van der Waals surface area contributed by atoms with Crippen LogP contribution >= 0.6 is 0 Å². The Hall–Kier alpha value is -1.82. The number of nitrogens with zero attached hydrogens (tertiary/aromatic N) is 1. The fourth-order valence-corrected chi connectivity index (χ4v) is 6.42. The number of hydrogen-bond acceptors (Lipinski definition) is 3. The Labute approximate surface area is 183 Å². The Balaban J connectivity index is 2.35. The molecular formula is C23H33B2NO3S. The minimum atomic E-state index is -3.61. The van der Waals surface area contributed by atoms with E-state index >= 15 is 0 Å². The maximum absolute atomic E-state index is 13.8. The van der Waals surface area contributed by atoms with E-state index in [9.17, 15) is 13.5 Å². The lowest BCUT2D eigenvalue weighted by Crippen LogP contribution is -2.55. The van der Waals surface area contributed by atoms with Crippen LogP contribution in [0.2, 0.25) is 13.6 Å². The molecule has 1 N–H and O–H groups in total. The summed E-state index contributed by atoms with van der Waals surface area (Å²) in [4.78, 5) is 0. The van der Waals surface area contributed by atoms with E-state index in [0.717, 1.165) is 11.1 Å². The molecule has 2 aromatic carbocycles. The van der Waals surface area contributed by atoms with E-state index in [1.165, 1.54) is 0 Å². The van der Waals surface area contributed by atoms with Crippen molar-refractivity contribution in [2.45, 2.75) is 50.8 Å². The monoisotopic (exact) mass is 425 g/mol. The fourth-order valence-electron chi connectivity index (χ4n) is 4.09. The minimum Gasteiger partial charge on any atom is -0.396 e. The van der Waals surface area contributed by atoms with Crippen LogP contribution in [0, 0.1) is 0 Å². The third kappa shape index (κ3) is 6.86. The maximum atomic E-state index is 13.8. The van der Waals surface area contributed by atoms with E-state index in [-0.39, 0.29) is 26.7 Å². The SMILES string of the molecule is C=CCC[C@H](CCO)S(=O)(=O)N(B(C)Cc1ccccc1)B(C)Cc1ccccc1. The standard InChI is InChI=1S/C23H33B2NO3S/c1-4-5-16-23(17-18-27)30(28,29)26(24(2)19-21-12-8-6-9-13-21)25(3)20-22-14-10-7-11-15-22/h4,6-15,23,27H,1,5,16-20H2,2-3H3/t23-/m1/s1. The molecule has 7 heteroatoms. The summed E-state index contributed by atoms with van der Waals surface area (Å²) in [7, 11) is -3.61. The van der Waals surface area contributed by atoms with Crippen molar-refractivity contribution in [3.05, 3.63) is 84.4 Å². The molecule has 0 spiro atoms. The normalized spacial score (nSPS) is 12.5. The zero-order chi connectivity index (χ0) is 22.0. The van der Waals surface area contributed by atoms with Gasteiger partial charge < -0.3 is 5.11 Å². The first kappa shape index (κ1) is 24.4. The van der Waals surface area contributed by atoms with Crippen molar-refractivity contribution < 1.29 is 13.5 Å². The number of benzene rings is 2. The van der Waals surface area contributed by atoms with Crippen molar-refractivity contribution in [3.8, 4) is 0 Å². The van der Waals surface area contributed by atoms with E-state index in [1.54, 1.807) is 10.2 Å². The molecular weight excluding hydrogens is 392 g/mol. The smallest absolute Gasteiger partial charge is 0.228 e. The highest BCUT2D eigenvalue weighted by atomic mass is 32.2. The summed E-state index contributed by atoms with van der Waals surface area (Å²) < 4.78 is 29.2. The average Bonchev–Trinajstić information content (AvgIpc) is 2.72. The van der Waals surface area contributed by atoms with Crippen LogP contribution in [0.3, 0.4) is 0 Å². The third-order valence-corrected chi connectivity index (χ3v) is 8.10. The topological polar surface area (TPSA) is 57.6 Å². The predicted octanol–water partition coefficient (Wildman–Crippen LogP) is 4.14. The molecule has 2 aromatic rings. The predicted molar refractivity (Wildman–Crippen MR) is 129 cm³/mol. The van der Waals surface area contributed by atoms with Gasteiger partial charge in [0.1, 0.15) is 0 Å². The largest absolute Gasteiger partial charge is 0.396 e. The average molecular weight is 425 g/mol. The lowest BCUT2D eigenvalue weighted by atomic mass is 9.48. The summed E-state index contributed by atoms with van der Waals surface area (Å²) >= 11 is 0. The van der Waals surface area contributed by atoms with Crippen molar-refractivity contribution in [1.82, 2.24) is 4.13 Å². The molecule has 0 amide bonds. The number of rotatable bonds is 13. The van der Waals surface area contributed by atoms with Crippen LogP contribution in [0.5, 0.6) is 0 Å². The molecule has 0 aliphatic rings. The molecule has 0 aromatic heterocycles. The molecule has 4 nitrogen and oxygen atoms in total. The summed E-state index contributed by atoms with van der Waals surface area (Å²) in [5, 5.41) is 8.91.